The highest BCUT2D eigenvalue weighted by molar-refractivity contribution is 7.46. The van der Waals surface area contributed by atoms with Gasteiger partial charge in [-0.25, -0.2) is 4.57 Å². The lowest BCUT2D eigenvalue weighted by molar-refractivity contribution is 0.0320. The molecular formula is C20H33N2O5P. The predicted octanol–water partition coefficient (Wildman–Crippen LogP) is 2.88. The van der Waals surface area contributed by atoms with Crippen molar-refractivity contribution in [3.8, 4) is 11.8 Å². The fraction of sp³-hybridized carbons (Fsp3) is 0.700. The largest absolute Gasteiger partial charge is 0.469 e. The Morgan fingerprint density at radius 3 is 2.71 bits per heavy atom. The molecule has 1 aromatic rings. The van der Waals surface area contributed by atoms with Gasteiger partial charge in [-0.3, -0.25) is 4.52 Å². The van der Waals surface area contributed by atoms with Crippen LogP contribution < -0.4 is 5.73 Å². The predicted molar refractivity (Wildman–Crippen MR) is 109 cm³/mol. The highest BCUT2D eigenvalue weighted by Crippen LogP contribution is 2.36. The van der Waals surface area contributed by atoms with E-state index in [9.17, 15) is 4.57 Å². The normalized spacial score (nSPS) is 17.8. The molecule has 0 spiro atoms. The maximum absolute atomic E-state index is 10.8. The third-order valence-corrected chi connectivity index (χ3v) is 5.56. The van der Waals surface area contributed by atoms with E-state index in [0.717, 1.165) is 17.8 Å². The first-order valence-electron chi connectivity index (χ1n) is 9.90. The van der Waals surface area contributed by atoms with E-state index >= 15 is 0 Å². The zero-order valence-corrected chi connectivity index (χ0v) is 17.8. The number of aromatic nitrogens is 1. The monoisotopic (exact) mass is 412 g/mol. The van der Waals surface area contributed by atoms with Crippen LogP contribution >= 0.6 is 7.82 Å². The summed E-state index contributed by atoms with van der Waals surface area (Å²) in [6, 6.07) is 3.98. The van der Waals surface area contributed by atoms with Gasteiger partial charge in [0.15, 0.2) is 0 Å². The summed E-state index contributed by atoms with van der Waals surface area (Å²) in [5, 5.41) is 0. The van der Waals surface area contributed by atoms with Crippen LogP contribution in [0.25, 0.3) is 0 Å². The van der Waals surface area contributed by atoms with Crippen molar-refractivity contribution >= 4 is 7.82 Å². The van der Waals surface area contributed by atoms with Gasteiger partial charge in [-0.2, -0.15) is 0 Å². The molecule has 2 rings (SSSR count). The molecule has 0 bridgehead atoms. The Hall–Kier alpha value is -1.13. The van der Waals surface area contributed by atoms with Crippen molar-refractivity contribution < 1.29 is 23.6 Å². The Balaban J connectivity index is 1.77. The number of hydrogen-bond donors (Lipinski definition) is 3. The van der Waals surface area contributed by atoms with Crippen molar-refractivity contribution in [1.29, 1.82) is 0 Å². The summed E-state index contributed by atoms with van der Waals surface area (Å²) < 4.78 is 23.3. The Morgan fingerprint density at radius 1 is 1.32 bits per heavy atom. The number of phosphoric ester groups is 1. The van der Waals surface area contributed by atoms with Crippen LogP contribution in [0.2, 0.25) is 0 Å². The second kappa shape index (κ2) is 10.6. The number of nitrogens with two attached hydrogens (primary N) is 1. The standard InChI is InChI=1S/C20H33N2O5P/c1-20(21,16-27-28(23,24)25)14-13-18-12-11-17(22(18)2)8-6-7-15-26-19-9-4-3-5-10-19/h11-12,19H,3-5,7,9-10,13-16,21H2,1-2H3,(H2,23,24,25). The molecule has 1 saturated carbocycles. The van der Waals surface area contributed by atoms with Crippen molar-refractivity contribution in [3.05, 3.63) is 23.5 Å². The molecule has 1 unspecified atom stereocenters. The van der Waals surface area contributed by atoms with Crippen LogP contribution in [0.5, 0.6) is 0 Å². The number of aryl methyl sites for hydroxylation is 1. The van der Waals surface area contributed by atoms with Gasteiger partial charge in [0.1, 0.15) is 0 Å². The molecule has 158 valence electrons. The molecular weight excluding hydrogens is 379 g/mol. The Labute approximate surface area is 167 Å². The summed E-state index contributed by atoms with van der Waals surface area (Å²) in [5.74, 6) is 6.36. The molecule has 1 fully saturated rings. The summed E-state index contributed by atoms with van der Waals surface area (Å²) in [4.78, 5) is 17.6. The minimum Gasteiger partial charge on any atom is -0.377 e. The van der Waals surface area contributed by atoms with Gasteiger partial charge >= 0.3 is 7.82 Å². The van der Waals surface area contributed by atoms with Crippen molar-refractivity contribution in [2.75, 3.05) is 13.2 Å². The molecule has 1 heterocycles. The lowest BCUT2D eigenvalue weighted by Gasteiger charge is -2.24. The topological polar surface area (TPSA) is 107 Å². The number of nitrogens with zero attached hydrogens (tertiary/aromatic N) is 1. The maximum atomic E-state index is 10.8. The molecule has 1 aliphatic rings. The third kappa shape index (κ3) is 8.48. The molecule has 0 aliphatic heterocycles. The van der Waals surface area contributed by atoms with Crippen molar-refractivity contribution in [2.45, 2.75) is 69.9 Å². The summed E-state index contributed by atoms with van der Waals surface area (Å²) in [5.41, 5.74) is 7.25. The van der Waals surface area contributed by atoms with Gasteiger partial charge in [0.2, 0.25) is 0 Å². The highest BCUT2D eigenvalue weighted by Gasteiger charge is 2.24. The molecule has 0 saturated heterocycles. The zero-order valence-electron chi connectivity index (χ0n) is 16.9. The molecule has 1 aliphatic carbocycles. The third-order valence-electron chi connectivity index (χ3n) is 5.09. The molecule has 4 N–H and O–H groups in total. The Bertz CT molecular complexity index is 723. The van der Waals surface area contributed by atoms with Crippen LogP contribution in [-0.4, -0.2) is 39.2 Å². The lowest BCUT2D eigenvalue weighted by Crippen LogP contribution is -2.41. The molecule has 7 nitrogen and oxygen atoms in total. The van der Waals surface area contributed by atoms with E-state index in [-0.39, 0.29) is 6.61 Å². The minimum absolute atomic E-state index is 0.199. The highest BCUT2D eigenvalue weighted by atomic mass is 31.2. The smallest absolute Gasteiger partial charge is 0.377 e. The van der Waals surface area contributed by atoms with Gasteiger partial charge in [0.25, 0.3) is 0 Å². The SMILES string of the molecule is Cn1c(C#CCCOC2CCCCC2)ccc1CCC(C)(N)COP(=O)(O)O. The van der Waals surface area contributed by atoms with Crippen LogP contribution in [0.15, 0.2) is 12.1 Å². The van der Waals surface area contributed by atoms with E-state index in [1.807, 2.05) is 23.7 Å². The van der Waals surface area contributed by atoms with Gasteiger partial charge in [-0.15, -0.1) is 0 Å². The van der Waals surface area contributed by atoms with E-state index in [4.69, 9.17) is 20.3 Å². The van der Waals surface area contributed by atoms with Crippen LogP contribution in [0, 0.1) is 11.8 Å². The molecule has 0 aromatic carbocycles. The molecule has 1 atom stereocenters. The van der Waals surface area contributed by atoms with Gasteiger partial charge in [-0.05, 0) is 50.7 Å². The Morgan fingerprint density at radius 2 is 2.04 bits per heavy atom. The second-order valence-corrected chi connectivity index (χ2v) is 9.11. The molecule has 0 radical (unpaired) electrons. The Kier molecular flexibility index (Phi) is 8.76. The quantitative estimate of drug-likeness (QED) is 0.327. The average molecular weight is 412 g/mol. The number of hydrogen-bond acceptors (Lipinski definition) is 4. The maximum Gasteiger partial charge on any atom is 0.469 e. The van der Waals surface area contributed by atoms with Crippen LogP contribution in [0.4, 0.5) is 0 Å². The first-order valence-corrected chi connectivity index (χ1v) is 11.4. The van der Waals surface area contributed by atoms with Gasteiger partial charge in [-0.1, -0.05) is 25.2 Å². The zero-order chi connectivity index (χ0) is 20.6. The summed E-state index contributed by atoms with van der Waals surface area (Å²) in [6.07, 6.45) is 8.56. The molecule has 1 aromatic heterocycles. The second-order valence-electron chi connectivity index (χ2n) is 7.87. The van der Waals surface area contributed by atoms with Crippen LogP contribution in [0.1, 0.15) is 63.3 Å². The first-order chi connectivity index (χ1) is 13.2. The van der Waals surface area contributed by atoms with Crippen LogP contribution in [-0.2, 0) is 27.3 Å². The van der Waals surface area contributed by atoms with E-state index in [1.54, 1.807) is 6.92 Å². The number of rotatable bonds is 9. The van der Waals surface area contributed by atoms with E-state index in [2.05, 4.69) is 16.4 Å². The fourth-order valence-corrected chi connectivity index (χ4v) is 3.77. The van der Waals surface area contributed by atoms with E-state index in [0.29, 0.717) is 25.6 Å². The number of ether oxygens (including phenoxy) is 1. The van der Waals surface area contributed by atoms with Crippen LogP contribution in [0.3, 0.4) is 0 Å². The number of phosphoric acid groups is 1. The van der Waals surface area contributed by atoms with E-state index < -0.39 is 13.4 Å². The summed E-state index contributed by atoms with van der Waals surface area (Å²) >= 11 is 0. The van der Waals surface area contributed by atoms with Crippen molar-refractivity contribution in [3.63, 3.8) is 0 Å². The van der Waals surface area contributed by atoms with Crippen molar-refractivity contribution in [2.24, 2.45) is 12.8 Å². The summed E-state index contributed by atoms with van der Waals surface area (Å²) in [6.45, 7) is 2.20. The van der Waals surface area contributed by atoms with Gasteiger partial charge < -0.3 is 24.8 Å². The molecule has 28 heavy (non-hydrogen) atoms. The lowest BCUT2D eigenvalue weighted by atomic mass is 9.97. The molecule has 8 heteroatoms. The van der Waals surface area contributed by atoms with Gasteiger partial charge in [0, 0.05) is 24.7 Å². The fourth-order valence-electron chi connectivity index (χ4n) is 3.31. The van der Waals surface area contributed by atoms with Gasteiger partial charge in [0.05, 0.1) is 25.0 Å². The summed E-state index contributed by atoms with van der Waals surface area (Å²) in [7, 11) is -2.55. The average Bonchev–Trinajstić information content (AvgIpc) is 2.99. The van der Waals surface area contributed by atoms with Crippen molar-refractivity contribution in [1.82, 2.24) is 4.57 Å². The molecule has 0 amide bonds. The minimum atomic E-state index is -4.50. The first kappa shape index (κ1) is 23.2. The van der Waals surface area contributed by atoms with E-state index in [1.165, 1.54) is 32.1 Å².